The van der Waals surface area contributed by atoms with Crippen molar-refractivity contribution in [3.63, 3.8) is 0 Å². The topological polar surface area (TPSA) is 38.9 Å². The lowest BCUT2D eigenvalue weighted by Crippen LogP contribution is -2.04. The number of halogens is 2. The second kappa shape index (κ2) is 4.64. The molecule has 0 spiro atoms. The molecule has 0 saturated carbocycles. The summed E-state index contributed by atoms with van der Waals surface area (Å²) in [6, 6.07) is 3.02. The Balaban J connectivity index is 2.34. The minimum Gasteiger partial charge on any atom is -0.398 e. The van der Waals surface area contributed by atoms with Gasteiger partial charge in [-0.15, -0.1) is 0 Å². The van der Waals surface area contributed by atoms with E-state index in [4.69, 9.17) is 10.7 Å². The van der Waals surface area contributed by atoms with E-state index in [-0.39, 0.29) is 5.82 Å². The van der Waals surface area contributed by atoms with Crippen molar-refractivity contribution < 1.29 is 4.39 Å². The maximum atomic E-state index is 13.5. The molecule has 0 amide bonds. The first-order chi connectivity index (χ1) is 8.66. The molecule has 0 fully saturated rings. The Hall–Kier alpha value is -0.910. The van der Waals surface area contributed by atoms with Crippen LogP contribution in [0, 0.1) is 9.39 Å². The highest BCUT2D eigenvalue weighted by Gasteiger charge is 2.17. The number of fused-ring (bicyclic) bond motifs is 2. The lowest BCUT2D eigenvalue weighted by atomic mass is 10.0. The van der Waals surface area contributed by atoms with E-state index < -0.39 is 0 Å². The van der Waals surface area contributed by atoms with Crippen molar-refractivity contribution in [2.75, 3.05) is 5.73 Å². The molecule has 4 heteroatoms. The minimum atomic E-state index is -0.242. The molecule has 0 unspecified atom stereocenters. The second-order valence-electron chi connectivity index (χ2n) is 4.80. The van der Waals surface area contributed by atoms with E-state index in [2.05, 4.69) is 22.6 Å². The van der Waals surface area contributed by atoms with Crippen LogP contribution in [0.1, 0.15) is 30.5 Å². The van der Waals surface area contributed by atoms with Crippen molar-refractivity contribution in [3.05, 3.63) is 32.8 Å². The quantitative estimate of drug-likeness (QED) is 0.576. The van der Waals surface area contributed by atoms with Gasteiger partial charge < -0.3 is 5.73 Å². The predicted molar refractivity (Wildman–Crippen MR) is 80.1 cm³/mol. The highest BCUT2D eigenvalue weighted by molar-refractivity contribution is 14.1. The largest absolute Gasteiger partial charge is 0.398 e. The van der Waals surface area contributed by atoms with Crippen molar-refractivity contribution >= 4 is 39.2 Å². The average molecular weight is 356 g/mol. The minimum absolute atomic E-state index is 0.242. The SMILES string of the molecule is Nc1c2c(nc3c(I)cc(F)cc13)CCCCC2. The molecule has 2 aromatic rings. The summed E-state index contributed by atoms with van der Waals surface area (Å²) in [6.45, 7) is 0. The highest BCUT2D eigenvalue weighted by atomic mass is 127. The molecule has 18 heavy (non-hydrogen) atoms. The van der Waals surface area contributed by atoms with Gasteiger partial charge in [-0.3, -0.25) is 4.98 Å². The summed E-state index contributed by atoms with van der Waals surface area (Å²) in [5.41, 5.74) is 10.1. The number of hydrogen-bond donors (Lipinski definition) is 1. The molecule has 0 aliphatic heterocycles. The van der Waals surface area contributed by atoms with Crippen LogP contribution < -0.4 is 5.73 Å². The normalized spacial score (nSPS) is 15.4. The lowest BCUT2D eigenvalue weighted by Gasteiger charge is -2.13. The summed E-state index contributed by atoms with van der Waals surface area (Å²) in [4.78, 5) is 4.72. The number of aryl methyl sites for hydroxylation is 1. The van der Waals surface area contributed by atoms with Crippen LogP contribution in [0.2, 0.25) is 0 Å². The van der Waals surface area contributed by atoms with Crippen molar-refractivity contribution in [1.29, 1.82) is 0 Å². The van der Waals surface area contributed by atoms with Gasteiger partial charge in [0.25, 0.3) is 0 Å². The van der Waals surface area contributed by atoms with E-state index in [0.29, 0.717) is 0 Å². The van der Waals surface area contributed by atoms with Gasteiger partial charge in [-0.25, -0.2) is 4.39 Å². The number of rotatable bonds is 0. The highest BCUT2D eigenvalue weighted by Crippen LogP contribution is 2.32. The molecule has 1 aromatic heterocycles. The fourth-order valence-electron chi connectivity index (χ4n) is 2.66. The predicted octanol–water partition coefficient (Wildman–Crippen LogP) is 3.83. The molecule has 1 aliphatic rings. The van der Waals surface area contributed by atoms with Crippen LogP contribution in [0.15, 0.2) is 12.1 Å². The molecular weight excluding hydrogens is 342 g/mol. The van der Waals surface area contributed by atoms with Gasteiger partial charge in [0.1, 0.15) is 5.82 Å². The summed E-state index contributed by atoms with van der Waals surface area (Å²) in [5, 5.41) is 0.764. The molecule has 2 nitrogen and oxygen atoms in total. The van der Waals surface area contributed by atoms with Crippen LogP contribution in [-0.4, -0.2) is 4.98 Å². The van der Waals surface area contributed by atoms with E-state index in [9.17, 15) is 4.39 Å². The fourth-order valence-corrected chi connectivity index (χ4v) is 3.37. The van der Waals surface area contributed by atoms with Gasteiger partial charge in [0.15, 0.2) is 0 Å². The van der Waals surface area contributed by atoms with E-state index in [1.807, 2.05) is 0 Å². The van der Waals surface area contributed by atoms with Crippen LogP contribution in [0.25, 0.3) is 10.9 Å². The Morgan fingerprint density at radius 3 is 2.78 bits per heavy atom. The third-order valence-electron chi connectivity index (χ3n) is 3.58. The standard InChI is InChI=1S/C14H14FIN2/c15-8-6-10-13(17)9-4-2-1-3-5-12(9)18-14(10)11(16)7-8/h6-7H,1-5H2,(H2,17,18). The Bertz CT molecular complexity index is 625. The van der Waals surface area contributed by atoms with Gasteiger partial charge in [-0.2, -0.15) is 0 Å². The van der Waals surface area contributed by atoms with E-state index in [1.165, 1.54) is 25.0 Å². The monoisotopic (exact) mass is 356 g/mol. The fraction of sp³-hybridized carbons (Fsp3) is 0.357. The van der Waals surface area contributed by atoms with Gasteiger partial charge >= 0.3 is 0 Å². The zero-order chi connectivity index (χ0) is 12.7. The first-order valence-electron chi connectivity index (χ1n) is 6.23. The molecule has 1 aliphatic carbocycles. The van der Waals surface area contributed by atoms with Gasteiger partial charge in [0.2, 0.25) is 0 Å². The first kappa shape index (κ1) is 12.1. The molecule has 0 saturated heterocycles. The van der Waals surface area contributed by atoms with Gasteiger partial charge in [0, 0.05) is 20.3 Å². The summed E-state index contributed by atoms with van der Waals surface area (Å²) < 4.78 is 14.3. The van der Waals surface area contributed by atoms with Gasteiger partial charge in [-0.1, -0.05) is 6.42 Å². The second-order valence-corrected chi connectivity index (χ2v) is 5.96. The van der Waals surface area contributed by atoms with E-state index in [1.54, 1.807) is 0 Å². The maximum Gasteiger partial charge on any atom is 0.125 e. The molecule has 0 radical (unpaired) electrons. The Morgan fingerprint density at radius 2 is 1.94 bits per heavy atom. The van der Waals surface area contributed by atoms with Crippen LogP contribution in [0.5, 0.6) is 0 Å². The molecule has 1 aromatic carbocycles. The lowest BCUT2D eigenvalue weighted by molar-refractivity contribution is 0.628. The third kappa shape index (κ3) is 1.96. The number of hydrogen-bond acceptors (Lipinski definition) is 2. The smallest absolute Gasteiger partial charge is 0.125 e. The average Bonchev–Trinajstić information content (AvgIpc) is 2.56. The van der Waals surface area contributed by atoms with Crippen LogP contribution in [0.3, 0.4) is 0 Å². The van der Waals surface area contributed by atoms with Crippen molar-refractivity contribution in [1.82, 2.24) is 4.98 Å². The molecular formula is C14H14FIN2. The molecule has 1 heterocycles. The summed E-state index contributed by atoms with van der Waals surface area (Å²) >= 11 is 2.13. The number of nitrogen functional groups attached to an aromatic ring is 1. The number of anilines is 1. The number of pyridine rings is 1. The Labute approximate surface area is 119 Å². The van der Waals surface area contributed by atoms with Crippen molar-refractivity contribution in [2.24, 2.45) is 0 Å². The van der Waals surface area contributed by atoms with Crippen LogP contribution >= 0.6 is 22.6 Å². The summed E-state index contributed by atoms with van der Waals surface area (Å²) in [6.07, 6.45) is 5.50. The van der Waals surface area contributed by atoms with E-state index >= 15 is 0 Å². The number of aromatic nitrogens is 1. The zero-order valence-corrected chi connectivity index (χ0v) is 12.1. The molecule has 2 N–H and O–H groups in total. The van der Waals surface area contributed by atoms with E-state index in [0.717, 1.165) is 50.7 Å². The molecule has 0 bridgehead atoms. The van der Waals surface area contributed by atoms with Crippen molar-refractivity contribution in [2.45, 2.75) is 32.1 Å². The van der Waals surface area contributed by atoms with Crippen LogP contribution in [-0.2, 0) is 12.8 Å². The Kier molecular flexibility index (Phi) is 3.13. The Morgan fingerprint density at radius 1 is 1.17 bits per heavy atom. The number of nitrogens with two attached hydrogens (primary N) is 1. The molecule has 3 rings (SSSR count). The van der Waals surface area contributed by atoms with Crippen molar-refractivity contribution in [3.8, 4) is 0 Å². The molecule has 94 valence electrons. The molecule has 0 atom stereocenters. The van der Waals surface area contributed by atoms with Gasteiger partial charge in [-0.05, 0) is 66.0 Å². The summed E-state index contributed by atoms with van der Waals surface area (Å²) in [7, 11) is 0. The van der Waals surface area contributed by atoms with Gasteiger partial charge in [0.05, 0.1) is 5.52 Å². The first-order valence-corrected chi connectivity index (χ1v) is 7.30. The number of nitrogens with zero attached hydrogens (tertiary/aromatic N) is 1. The number of benzene rings is 1. The maximum absolute atomic E-state index is 13.5. The summed E-state index contributed by atoms with van der Waals surface area (Å²) in [5.74, 6) is -0.242. The zero-order valence-electron chi connectivity index (χ0n) is 9.97. The third-order valence-corrected chi connectivity index (χ3v) is 4.40. The van der Waals surface area contributed by atoms with Crippen LogP contribution in [0.4, 0.5) is 10.1 Å².